The van der Waals surface area contributed by atoms with Crippen LogP contribution in [0.25, 0.3) is 0 Å². The van der Waals surface area contributed by atoms with Crippen LogP contribution in [-0.4, -0.2) is 22.7 Å². The van der Waals surface area contributed by atoms with E-state index in [1.807, 2.05) is 0 Å². The van der Waals surface area contributed by atoms with Crippen LogP contribution in [-0.2, 0) is 16.1 Å². The number of carbonyl (C=O) groups excluding carboxylic acids is 1. The van der Waals surface area contributed by atoms with Gasteiger partial charge in [0.05, 0.1) is 10.5 Å². The van der Waals surface area contributed by atoms with Crippen LogP contribution in [0.5, 0.6) is 0 Å². The molecule has 0 heterocycles. The normalized spacial score (nSPS) is 11.9. The first kappa shape index (κ1) is 13.5. The van der Waals surface area contributed by atoms with Gasteiger partial charge in [-0.2, -0.15) is 12.6 Å². The predicted octanol–water partition coefficient (Wildman–Crippen LogP) is 0.895. The monoisotopic (exact) mass is 256 g/mol. The van der Waals surface area contributed by atoms with E-state index in [0.29, 0.717) is 5.56 Å². The number of hydrogen-bond acceptors (Lipinski definition) is 6. The van der Waals surface area contributed by atoms with E-state index < -0.39 is 16.9 Å². The zero-order valence-corrected chi connectivity index (χ0v) is 9.80. The lowest BCUT2D eigenvalue weighted by Gasteiger charge is -2.09. The van der Waals surface area contributed by atoms with Gasteiger partial charge in [0.1, 0.15) is 12.6 Å². The molecule has 6 nitrogen and oxygen atoms in total. The highest BCUT2D eigenvalue weighted by Gasteiger charge is 2.17. The minimum Gasteiger partial charge on any atom is -0.459 e. The minimum absolute atomic E-state index is 0.0836. The number of nitro benzene ring substituents is 1. The van der Waals surface area contributed by atoms with Crippen LogP contribution in [0.3, 0.4) is 0 Å². The number of benzene rings is 1. The van der Waals surface area contributed by atoms with Crippen molar-refractivity contribution in [2.24, 2.45) is 5.73 Å². The van der Waals surface area contributed by atoms with Gasteiger partial charge in [0.25, 0.3) is 5.69 Å². The van der Waals surface area contributed by atoms with Gasteiger partial charge in [-0.25, -0.2) is 0 Å². The molecule has 92 valence electrons. The molecule has 0 unspecified atom stereocenters. The second-order valence-electron chi connectivity index (χ2n) is 3.28. The van der Waals surface area contributed by atoms with Crippen molar-refractivity contribution in [1.82, 2.24) is 0 Å². The summed E-state index contributed by atoms with van der Waals surface area (Å²) in [6.45, 7) is -0.169. The Morgan fingerprint density at radius 2 is 2.18 bits per heavy atom. The summed E-state index contributed by atoms with van der Waals surface area (Å²) in [5.41, 5.74) is 5.64. The Labute approximate surface area is 103 Å². The van der Waals surface area contributed by atoms with Gasteiger partial charge in [0.2, 0.25) is 0 Å². The van der Waals surface area contributed by atoms with E-state index in [1.54, 1.807) is 12.1 Å². The van der Waals surface area contributed by atoms with E-state index in [4.69, 9.17) is 10.5 Å². The summed E-state index contributed by atoms with van der Waals surface area (Å²) >= 11 is 3.85. The average molecular weight is 256 g/mol. The highest BCUT2D eigenvalue weighted by Crippen LogP contribution is 2.18. The van der Waals surface area contributed by atoms with Crippen LogP contribution in [0.4, 0.5) is 5.69 Å². The number of esters is 1. The summed E-state index contributed by atoms with van der Waals surface area (Å²) < 4.78 is 4.85. The van der Waals surface area contributed by atoms with Crippen LogP contribution < -0.4 is 5.73 Å². The molecular weight excluding hydrogens is 244 g/mol. The molecule has 2 N–H and O–H groups in total. The van der Waals surface area contributed by atoms with Gasteiger partial charge in [-0.3, -0.25) is 14.9 Å². The largest absolute Gasteiger partial charge is 0.459 e. The van der Waals surface area contributed by atoms with E-state index in [2.05, 4.69) is 12.6 Å². The maximum absolute atomic E-state index is 11.3. The van der Waals surface area contributed by atoms with Crippen molar-refractivity contribution in [1.29, 1.82) is 0 Å². The number of rotatable bonds is 5. The summed E-state index contributed by atoms with van der Waals surface area (Å²) in [6, 6.07) is 5.23. The fourth-order valence-corrected chi connectivity index (χ4v) is 1.29. The summed E-state index contributed by atoms with van der Waals surface area (Å²) in [6.07, 6.45) is 0. The lowest BCUT2D eigenvalue weighted by Crippen LogP contribution is -2.33. The Bertz CT molecular complexity index is 425. The van der Waals surface area contributed by atoms with Crippen molar-refractivity contribution in [2.75, 3.05) is 5.75 Å². The standard InChI is InChI=1S/C10H12N2O4S/c11-8(6-17)10(13)16-5-7-3-1-2-4-9(7)12(14)15/h1-4,8,17H,5-6,11H2/t8-/m0/s1. The molecular formula is C10H12N2O4S. The third-order valence-electron chi connectivity index (χ3n) is 2.06. The predicted molar refractivity (Wildman–Crippen MR) is 64.7 cm³/mol. The zero-order valence-electron chi connectivity index (χ0n) is 8.91. The van der Waals surface area contributed by atoms with Crippen LogP contribution >= 0.6 is 12.6 Å². The van der Waals surface area contributed by atoms with Crippen molar-refractivity contribution < 1.29 is 14.5 Å². The molecule has 0 aromatic heterocycles. The molecule has 0 spiro atoms. The first-order valence-electron chi connectivity index (χ1n) is 4.81. The molecule has 0 saturated carbocycles. The van der Waals surface area contributed by atoms with Gasteiger partial charge < -0.3 is 10.5 Å². The fourth-order valence-electron chi connectivity index (χ4n) is 1.14. The Hall–Kier alpha value is -1.60. The molecule has 1 atom stereocenters. The number of thiol groups is 1. The van der Waals surface area contributed by atoms with Gasteiger partial charge in [-0.05, 0) is 6.07 Å². The minimum atomic E-state index is -0.818. The number of nitrogens with two attached hydrogens (primary N) is 1. The van der Waals surface area contributed by atoms with Gasteiger partial charge in [0.15, 0.2) is 0 Å². The summed E-state index contributed by atoms with van der Waals surface area (Å²) in [5.74, 6) is -0.464. The molecule has 0 fully saturated rings. The van der Waals surface area contributed by atoms with Crippen molar-refractivity contribution in [3.63, 3.8) is 0 Å². The third-order valence-corrected chi connectivity index (χ3v) is 2.45. The zero-order chi connectivity index (χ0) is 12.8. The Balaban J connectivity index is 2.69. The van der Waals surface area contributed by atoms with Crippen LogP contribution in [0.1, 0.15) is 5.56 Å². The Morgan fingerprint density at radius 1 is 1.53 bits per heavy atom. The molecule has 0 radical (unpaired) electrons. The van der Waals surface area contributed by atoms with E-state index in [9.17, 15) is 14.9 Å². The first-order chi connectivity index (χ1) is 8.06. The first-order valence-corrected chi connectivity index (χ1v) is 5.45. The molecule has 1 aromatic carbocycles. The quantitative estimate of drug-likeness (QED) is 0.353. The number of ether oxygens (including phenoxy) is 1. The smallest absolute Gasteiger partial charge is 0.324 e. The second-order valence-corrected chi connectivity index (χ2v) is 3.65. The number of nitro groups is 1. The van der Waals surface area contributed by atoms with E-state index in [0.717, 1.165) is 0 Å². The molecule has 1 aromatic rings. The molecule has 7 heteroatoms. The van der Waals surface area contributed by atoms with Gasteiger partial charge in [-0.15, -0.1) is 0 Å². The van der Waals surface area contributed by atoms with Gasteiger partial charge in [0, 0.05) is 11.8 Å². The molecule has 1 rings (SSSR count). The number of carbonyl (C=O) groups is 1. The van der Waals surface area contributed by atoms with Gasteiger partial charge >= 0.3 is 5.97 Å². The van der Waals surface area contributed by atoms with Crippen LogP contribution in [0.15, 0.2) is 24.3 Å². The second kappa shape index (κ2) is 6.21. The summed E-state index contributed by atoms with van der Waals surface area (Å²) in [7, 11) is 0. The lowest BCUT2D eigenvalue weighted by atomic mass is 10.2. The Morgan fingerprint density at radius 3 is 2.76 bits per heavy atom. The summed E-state index contributed by atoms with van der Waals surface area (Å²) in [5, 5.41) is 10.7. The van der Waals surface area contributed by atoms with E-state index >= 15 is 0 Å². The van der Waals surface area contributed by atoms with Crippen molar-refractivity contribution in [3.8, 4) is 0 Å². The van der Waals surface area contributed by atoms with E-state index in [-0.39, 0.29) is 18.0 Å². The van der Waals surface area contributed by atoms with Crippen LogP contribution in [0, 0.1) is 10.1 Å². The highest BCUT2D eigenvalue weighted by atomic mass is 32.1. The molecule has 0 aliphatic heterocycles. The Kier molecular flexibility index (Phi) is 4.92. The lowest BCUT2D eigenvalue weighted by molar-refractivity contribution is -0.385. The fraction of sp³-hybridized carbons (Fsp3) is 0.300. The maximum atomic E-state index is 11.3. The molecule has 0 aliphatic carbocycles. The van der Waals surface area contributed by atoms with Crippen molar-refractivity contribution in [2.45, 2.75) is 12.6 Å². The molecule has 0 aliphatic rings. The molecule has 0 bridgehead atoms. The molecule has 17 heavy (non-hydrogen) atoms. The van der Waals surface area contributed by atoms with E-state index in [1.165, 1.54) is 12.1 Å². The number of para-hydroxylation sites is 1. The number of hydrogen-bond donors (Lipinski definition) is 2. The maximum Gasteiger partial charge on any atom is 0.324 e. The van der Waals surface area contributed by atoms with Gasteiger partial charge in [-0.1, -0.05) is 12.1 Å². The third kappa shape index (κ3) is 3.72. The van der Waals surface area contributed by atoms with Crippen molar-refractivity contribution >= 4 is 24.3 Å². The topological polar surface area (TPSA) is 95.5 Å². The SMILES string of the molecule is N[C@@H](CS)C(=O)OCc1ccccc1[N+](=O)[O-]. The number of nitrogens with zero attached hydrogens (tertiary/aromatic N) is 1. The average Bonchev–Trinajstić information content (AvgIpc) is 2.35. The highest BCUT2D eigenvalue weighted by molar-refractivity contribution is 7.80. The summed E-state index contributed by atoms with van der Waals surface area (Å²) in [4.78, 5) is 21.4. The van der Waals surface area contributed by atoms with Crippen molar-refractivity contribution in [3.05, 3.63) is 39.9 Å². The molecule has 0 amide bonds. The molecule has 0 saturated heterocycles. The van der Waals surface area contributed by atoms with Crippen LogP contribution in [0.2, 0.25) is 0 Å².